The molecule has 19 heavy (non-hydrogen) atoms. The average Bonchev–Trinajstić information content (AvgIpc) is 2.87. The van der Waals surface area contributed by atoms with Crippen LogP contribution in [-0.2, 0) is 4.74 Å². The molecular formula is C12H11N3O4. The Hall–Kier alpha value is -2.70. The molecule has 0 unspecified atom stereocenters. The largest absolute Gasteiger partial charge is 0.478 e. The van der Waals surface area contributed by atoms with Crippen LogP contribution in [0.5, 0.6) is 0 Å². The highest BCUT2D eigenvalue weighted by molar-refractivity contribution is 5.90. The van der Waals surface area contributed by atoms with Gasteiger partial charge in [-0.2, -0.15) is 5.10 Å². The van der Waals surface area contributed by atoms with Gasteiger partial charge in [0.05, 0.1) is 30.1 Å². The fraction of sp³-hybridized carbons (Fsp3) is 0.167. The van der Waals surface area contributed by atoms with Gasteiger partial charge < -0.3 is 9.84 Å². The number of pyridine rings is 1. The Morgan fingerprint density at radius 2 is 2.11 bits per heavy atom. The molecule has 7 nitrogen and oxygen atoms in total. The van der Waals surface area contributed by atoms with E-state index < -0.39 is 11.9 Å². The molecule has 0 fully saturated rings. The standard InChI is InChI=1S/C12H11N3O4/c1-7-9(12(18)19-2)3-4-10(14-7)15-6-8(5-13-15)11(16)17/h3-6H,1-2H3,(H,16,17). The predicted molar refractivity (Wildman–Crippen MR) is 64.4 cm³/mol. The normalized spacial score (nSPS) is 10.2. The van der Waals surface area contributed by atoms with E-state index >= 15 is 0 Å². The summed E-state index contributed by atoms with van der Waals surface area (Å²) in [5.41, 5.74) is 0.907. The monoisotopic (exact) mass is 261 g/mol. The SMILES string of the molecule is COC(=O)c1ccc(-n2cc(C(=O)O)cn2)nc1C. The van der Waals surface area contributed by atoms with Crippen LogP contribution in [0.25, 0.3) is 5.82 Å². The summed E-state index contributed by atoms with van der Waals surface area (Å²) < 4.78 is 5.95. The molecule has 0 atom stereocenters. The topological polar surface area (TPSA) is 94.3 Å². The van der Waals surface area contributed by atoms with Crippen molar-refractivity contribution >= 4 is 11.9 Å². The highest BCUT2D eigenvalue weighted by Gasteiger charge is 2.13. The zero-order valence-corrected chi connectivity index (χ0v) is 10.3. The molecule has 7 heteroatoms. The van der Waals surface area contributed by atoms with Crippen molar-refractivity contribution in [3.63, 3.8) is 0 Å². The molecule has 0 aliphatic rings. The van der Waals surface area contributed by atoms with Crippen LogP contribution in [0.4, 0.5) is 0 Å². The Balaban J connectivity index is 2.38. The van der Waals surface area contributed by atoms with E-state index in [1.165, 1.54) is 24.2 Å². The maximum Gasteiger partial charge on any atom is 0.339 e. The molecule has 2 rings (SSSR count). The van der Waals surface area contributed by atoms with Crippen LogP contribution in [0.2, 0.25) is 0 Å². The lowest BCUT2D eigenvalue weighted by atomic mass is 10.2. The van der Waals surface area contributed by atoms with E-state index in [1.54, 1.807) is 19.1 Å². The summed E-state index contributed by atoms with van der Waals surface area (Å²) in [7, 11) is 1.29. The fourth-order valence-corrected chi connectivity index (χ4v) is 1.56. The van der Waals surface area contributed by atoms with Crippen molar-refractivity contribution in [3.8, 4) is 5.82 Å². The fourth-order valence-electron chi connectivity index (χ4n) is 1.56. The van der Waals surface area contributed by atoms with Gasteiger partial charge in [-0.05, 0) is 19.1 Å². The number of nitrogens with zero attached hydrogens (tertiary/aromatic N) is 3. The minimum absolute atomic E-state index is 0.0662. The van der Waals surface area contributed by atoms with Crippen LogP contribution in [-0.4, -0.2) is 38.9 Å². The first-order valence-electron chi connectivity index (χ1n) is 5.37. The third-order valence-electron chi connectivity index (χ3n) is 2.54. The number of aromatic nitrogens is 3. The number of carbonyl (C=O) groups excluding carboxylic acids is 1. The first-order valence-corrected chi connectivity index (χ1v) is 5.37. The highest BCUT2D eigenvalue weighted by Crippen LogP contribution is 2.12. The van der Waals surface area contributed by atoms with Crippen molar-refractivity contribution < 1.29 is 19.4 Å². The van der Waals surface area contributed by atoms with Crippen LogP contribution < -0.4 is 0 Å². The Kier molecular flexibility index (Phi) is 3.28. The zero-order valence-electron chi connectivity index (χ0n) is 10.3. The maximum atomic E-state index is 11.4. The molecule has 0 aromatic carbocycles. The van der Waals surface area contributed by atoms with Crippen LogP contribution in [0.15, 0.2) is 24.5 Å². The number of rotatable bonds is 3. The number of carboxylic acid groups (broad SMARTS) is 1. The van der Waals surface area contributed by atoms with Gasteiger partial charge in [-0.3, -0.25) is 0 Å². The smallest absolute Gasteiger partial charge is 0.339 e. The molecule has 0 spiro atoms. The Bertz CT molecular complexity index is 648. The lowest BCUT2D eigenvalue weighted by Crippen LogP contribution is -2.07. The third-order valence-corrected chi connectivity index (χ3v) is 2.54. The van der Waals surface area contributed by atoms with Gasteiger partial charge in [-0.25, -0.2) is 19.3 Å². The molecule has 98 valence electrons. The Labute approximate surface area is 108 Å². The number of aryl methyl sites for hydroxylation is 1. The summed E-state index contributed by atoms with van der Waals surface area (Å²) >= 11 is 0. The second-order valence-corrected chi connectivity index (χ2v) is 3.77. The van der Waals surface area contributed by atoms with E-state index in [-0.39, 0.29) is 5.56 Å². The van der Waals surface area contributed by atoms with Crippen molar-refractivity contribution in [1.82, 2.24) is 14.8 Å². The number of ether oxygens (including phenoxy) is 1. The van der Waals surface area contributed by atoms with E-state index in [1.807, 2.05) is 0 Å². The van der Waals surface area contributed by atoms with Crippen molar-refractivity contribution in [3.05, 3.63) is 41.3 Å². The van der Waals surface area contributed by atoms with Gasteiger partial charge in [0, 0.05) is 6.20 Å². The van der Waals surface area contributed by atoms with Crippen LogP contribution in [0, 0.1) is 6.92 Å². The third kappa shape index (κ3) is 2.44. The Morgan fingerprint density at radius 1 is 1.37 bits per heavy atom. The number of hydrogen-bond acceptors (Lipinski definition) is 5. The number of methoxy groups -OCH3 is 1. The second-order valence-electron chi connectivity index (χ2n) is 3.77. The first kappa shape index (κ1) is 12.7. The summed E-state index contributed by atoms with van der Waals surface area (Å²) in [6.45, 7) is 1.66. The molecule has 2 aromatic rings. The van der Waals surface area contributed by atoms with Gasteiger partial charge in [-0.1, -0.05) is 0 Å². The second kappa shape index (κ2) is 4.89. The van der Waals surface area contributed by atoms with Crippen molar-refractivity contribution in [2.75, 3.05) is 7.11 Å². The molecule has 0 aliphatic carbocycles. The molecule has 0 bridgehead atoms. The van der Waals surface area contributed by atoms with Crippen molar-refractivity contribution in [1.29, 1.82) is 0 Å². The maximum absolute atomic E-state index is 11.4. The highest BCUT2D eigenvalue weighted by atomic mass is 16.5. The molecule has 0 amide bonds. The number of esters is 1. The van der Waals surface area contributed by atoms with Crippen LogP contribution >= 0.6 is 0 Å². The lowest BCUT2D eigenvalue weighted by Gasteiger charge is -2.05. The van der Waals surface area contributed by atoms with E-state index in [2.05, 4.69) is 14.8 Å². The average molecular weight is 261 g/mol. The molecule has 2 heterocycles. The number of aromatic carboxylic acids is 1. The van der Waals surface area contributed by atoms with Gasteiger partial charge in [0.2, 0.25) is 0 Å². The summed E-state index contributed by atoms with van der Waals surface area (Å²) in [6, 6.07) is 3.13. The van der Waals surface area contributed by atoms with E-state index in [0.717, 1.165) is 0 Å². The van der Waals surface area contributed by atoms with Gasteiger partial charge >= 0.3 is 11.9 Å². The summed E-state index contributed by atoms with van der Waals surface area (Å²) in [5, 5.41) is 12.7. The van der Waals surface area contributed by atoms with E-state index in [0.29, 0.717) is 17.1 Å². The molecule has 0 saturated heterocycles. The van der Waals surface area contributed by atoms with Crippen LogP contribution in [0.1, 0.15) is 26.4 Å². The molecule has 2 aromatic heterocycles. The number of carboxylic acids is 1. The van der Waals surface area contributed by atoms with E-state index in [4.69, 9.17) is 5.11 Å². The number of hydrogen-bond donors (Lipinski definition) is 1. The first-order chi connectivity index (χ1) is 9.02. The predicted octanol–water partition coefficient (Wildman–Crippen LogP) is 1.06. The van der Waals surface area contributed by atoms with Gasteiger partial charge in [0.15, 0.2) is 5.82 Å². The molecule has 1 N–H and O–H groups in total. The van der Waals surface area contributed by atoms with Gasteiger partial charge in [-0.15, -0.1) is 0 Å². The minimum atomic E-state index is -1.06. The summed E-state index contributed by atoms with van der Waals surface area (Å²) in [6.07, 6.45) is 2.58. The quantitative estimate of drug-likeness (QED) is 0.830. The van der Waals surface area contributed by atoms with Gasteiger partial charge in [0.1, 0.15) is 0 Å². The minimum Gasteiger partial charge on any atom is -0.478 e. The van der Waals surface area contributed by atoms with Crippen LogP contribution in [0.3, 0.4) is 0 Å². The summed E-state index contributed by atoms with van der Waals surface area (Å²) in [5.74, 6) is -1.10. The van der Waals surface area contributed by atoms with Crippen molar-refractivity contribution in [2.45, 2.75) is 6.92 Å². The van der Waals surface area contributed by atoms with Crippen molar-refractivity contribution in [2.24, 2.45) is 0 Å². The zero-order chi connectivity index (χ0) is 14.0. The molecule has 0 aliphatic heterocycles. The molecular weight excluding hydrogens is 250 g/mol. The number of carbonyl (C=O) groups is 2. The molecule has 0 saturated carbocycles. The lowest BCUT2D eigenvalue weighted by molar-refractivity contribution is 0.0598. The Morgan fingerprint density at radius 3 is 2.63 bits per heavy atom. The van der Waals surface area contributed by atoms with Gasteiger partial charge in [0.25, 0.3) is 0 Å². The summed E-state index contributed by atoms with van der Waals surface area (Å²) in [4.78, 5) is 26.4. The van der Waals surface area contributed by atoms with E-state index in [9.17, 15) is 9.59 Å². The molecule has 0 radical (unpaired) electrons.